The molecular weight excluding hydrogens is 358 g/mol. The van der Waals surface area contributed by atoms with Gasteiger partial charge in [0.1, 0.15) is 0 Å². The lowest BCUT2D eigenvalue weighted by molar-refractivity contribution is -0.386. The number of nitro groups is 1. The third-order valence-corrected chi connectivity index (χ3v) is 4.07. The van der Waals surface area contributed by atoms with Crippen molar-refractivity contribution in [3.8, 4) is 11.5 Å². The lowest BCUT2D eigenvalue weighted by Crippen LogP contribution is -2.16. The van der Waals surface area contributed by atoms with E-state index in [1.165, 1.54) is 25.5 Å². The fourth-order valence-corrected chi connectivity index (χ4v) is 2.67. The van der Waals surface area contributed by atoms with Crippen LogP contribution in [-0.4, -0.2) is 23.4 Å². The first kappa shape index (κ1) is 18.9. The Balaban J connectivity index is 1.95. The molecule has 7 heteroatoms. The molecule has 0 saturated carbocycles. The highest BCUT2D eigenvalue weighted by Crippen LogP contribution is 2.36. The van der Waals surface area contributed by atoms with Gasteiger partial charge in [0.15, 0.2) is 5.75 Å². The molecule has 3 rings (SSSR count). The molecule has 0 fully saturated rings. The van der Waals surface area contributed by atoms with Crippen molar-refractivity contribution in [2.24, 2.45) is 5.10 Å². The van der Waals surface area contributed by atoms with E-state index >= 15 is 0 Å². The number of phenols is 1. The van der Waals surface area contributed by atoms with Crippen LogP contribution in [0.5, 0.6) is 11.5 Å². The second kappa shape index (κ2) is 8.68. The number of para-hydroxylation sites is 1. The molecule has 142 valence electrons. The van der Waals surface area contributed by atoms with Gasteiger partial charge in [-0.2, -0.15) is 5.10 Å². The van der Waals surface area contributed by atoms with Crippen molar-refractivity contribution in [3.63, 3.8) is 0 Å². The fourth-order valence-electron chi connectivity index (χ4n) is 2.67. The zero-order valence-corrected chi connectivity index (χ0v) is 15.2. The van der Waals surface area contributed by atoms with Crippen molar-refractivity contribution in [2.75, 3.05) is 12.1 Å². The van der Waals surface area contributed by atoms with Crippen LogP contribution in [0.25, 0.3) is 0 Å². The Labute approximate surface area is 162 Å². The topological polar surface area (TPSA) is 88.2 Å². The summed E-state index contributed by atoms with van der Waals surface area (Å²) < 4.78 is 5.03. The second-order valence-electron chi connectivity index (χ2n) is 5.97. The Morgan fingerprint density at radius 1 is 1.11 bits per heavy atom. The minimum atomic E-state index is -0.659. The molecule has 0 saturated heterocycles. The van der Waals surface area contributed by atoms with Crippen molar-refractivity contribution in [2.45, 2.75) is 6.54 Å². The third kappa shape index (κ3) is 4.45. The average Bonchev–Trinajstić information content (AvgIpc) is 2.73. The van der Waals surface area contributed by atoms with Crippen molar-refractivity contribution in [1.29, 1.82) is 0 Å². The number of hydrogen-bond donors (Lipinski definition) is 1. The van der Waals surface area contributed by atoms with Crippen LogP contribution in [-0.2, 0) is 6.54 Å². The van der Waals surface area contributed by atoms with Crippen molar-refractivity contribution in [1.82, 2.24) is 0 Å². The average molecular weight is 377 g/mol. The maximum Gasteiger partial charge on any atom is 0.315 e. The van der Waals surface area contributed by atoms with E-state index in [9.17, 15) is 15.2 Å². The second-order valence-corrected chi connectivity index (χ2v) is 5.97. The van der Waals surface area contributed by atoms with E-state index in [1.54, 1.807) is 5.01 Å². The summed E-state index contributed by atoms with van der Waals surface area (Å²) in [5, 5.41) is 27.4. The molecular formula is C21H19N3O4. The van der Waals surface area contributed by atoms with Crippen LogP contribution in [0, 0.1) is 10.1 Å². The Bertz CT molecular complexity index is 976. The number of hydrazone groups is 1. The number of anilines is 1. The van der Waals surface area contributed by atoms with Gasteiger partial charge in [0.25, 0.3) is 0 Å². The number of aromatic hydroxyl groups is 1. The lowest BCUT2D eigenvalue weighted by Gasteiger charge is -2.19. The molecule has 0 radical (unpaired) electrons. The summed E-state index contributed by atoms with van der Waals surface area (Å²) in [5.74, 6) is -0.487. The number of nitrogens with zero attached hydrogens (tertiary/aromatic N) is 3. The number of benzene rings is 3. The zero-order valence-electron chi connectivity index (χ0n) is 15.2. The fraction of sp³-hybridized carbons (Fsp3) is 0.0952. The standard InChI is InChI=1S/C21H19N3O4/c1-28-20-13-17(12-19(21(20)25)24(26)27)14-22-23(18-10-6-3-7-11-18)15-16-8-4-2-5-9-16/h2-14,25H,15H2,1H3. The van der Waals surface area contributed by atoms with Crippen LogP contribution in [0.15, 0.2) is 77.9 Å². The molecule has 3 aromatic carbocycles. The summed E-state index contributed by atoms with van der Waals surface area (Å²) >= 11 is 0. The first-order valence-corrected chi connectivity index (χ1v) is 8.54. The Morgan fingerprint density at radius 2 is 1.75 bits per heavy atom. The monoisotopic (exact) mass is 377 g/mol. The van der Waals surface area contributed by atoms with Crippen molar-refractivity contribution >= 4 is 17.6 Å². The number of hydrogen-bond acceptors (Lipinski definition) is 6. The molecule has 0 aliphatic carbocycles. The Morgan fingerprint density at radius 3 is 2.36 bits per heavy atom. The highest BCUT2D eigenvalue weighted by molar-refractivity contribution is 5.83. The molecule has 0 bridgehead atoms. The zero-order chi connectivity index (χ0) is 19.9. The summed E-state index contributed by atoms with van der Waals surface area (Å²) in [6.45, 7) is 0.526. The van der Waals surface area contributed by atoms with Crippen LogP contribution in [0.1, 0.15) is 11.1 Å². The molecule has 0 aliphatic heterocycles. The Kier molecular flexibility index (Phi) is 5.86. The minimum Gasteiger partial charge on any atom is -0.500 e. The van der Waals surface area contributed by atoms with Crippen LogP contribution in [0.3, 0.4) is 0 Å². The first-order chi connectivity index (χ1) is 13.6. The van der Waals surface area contributed by atoms with Gasteiger partial charge in [-0.25, -0.2) is 0 Å². The molecule has 0 heterocycles. The van der Waals surface area contributed by atoms with E-state index in [2.05, 4.69) is 5.10 Å². The first-order valence-electron chi connectivity index (χ1n) is 8.54. The van der Waals surface area contributed by atoms with Crippen LogP contribution in [0.4, 0.5) is 11.4 Å². The molecule has 0 atom stereocenters. The predicted octanol–water partition coefficient (Wildman–Crippen LogP) is 4.35. The van der Waals surface area contributed by atoms with E-state index in [0.29, 0.717) is 12.1 Å². The summed E-state index contributed by atoms with van der Waals surface area (Å²) in [4.78, 5) is 10.5. The number of methoxy groups -OCH3 is 1. The molecule has 0 unspecified atom stereocenters. The largest absolute Gasteiger partial charge is 0.500 e. The van der Waals surface area contributed by atoms with Gasteiger partial charge in [-0.05, 0) is 23.8 Å². The quantitative estimate of drug-likeness (QED) is 0.376. The maximum atomic E-state index is 11.2. The molecule has 3 aromatic rings. The molecule has 1 N–H and O–H groups in total. The van der Waals surface area contributed by atoms with E-state index in [-0.39, 0.29) is 5.75 Å². The SMILES string of the molecule is COc1cc(C=NN(Cc2ccccc2)c2ccccc2)cc([N+](=O)[O-])c1O. The van der Waals surface area contributed by atoms with Gasteiger partial charge in [-0.15, -0.1) is 0 Å². The predicted molar refractivity (Wildman–Crippen MR) is 108 cm³/mol. The van der Waals surface area contributed by atoms with Gasteiger partial charge in [0.05, 0.1) is 30.5 Å². The van der Waals surface area contributed by atoms with Gasteiger partial charge in [-0.3, -0.25) is 15.1 Å². The summed E-state index contributed by atoms with van der Waals surface area (Å²) in [7, 11) is 1.34. The smallest absolute Gasteiger partial charge is 0.315 e. The molecule has 0 aliphatic rings. The van der Waals surface area contributed by atoms with Gasteiger partial charge >= 0.3 is 5.69 Å². The maximum absolute atomic E-state index is 11.2. The van der Waals surface area contributed by atoms with Gasteiger partial charge in [0, 0.05) is 11.6 Å². The molecule has 0 spiro atoms. The van der Waals surface area contributed by atoms with Crippen LogP contribution in [0.2, 0.25) is 0 Å². The molecule has 28 heavy (non-hydrogen) atoms. The highest BCUT2D eigenvalue weighted by Gasteiger charge is 2.19. The van der Waals surface area contributed by atoms with Crippen molar-refractivity contribution < 1.29 is 14.8 Å². The van der Waals surface area contributed by atoms with Gasteiger partial charge in [0.2, 0.25) is 5.75 Å². The number of phenolic OH excluding ortho intramolecular Hbond substituents is 1. The van der Waals surface area contributed by atoms with Crippen LogP contribution < -0.4 is 9.75 Å². The van der Waals surface area contributed by atoms with Gasteiger partial charge in [-0.1, -0.05) is 48.5 Å². The summed E-state index contributed by atoms with van der Waals surface area (Å²) in [6.07, 6.45) is 1.50. The van der Waals surface area contributed by atoms with E-state index < -0.39 is 16.4 Å². The molecule has 0 amide bonds. The van der Waals surface area contributed by atoms with Crippen molar-refractivity contribution in [3.05, 3.63) is 94.0 Å². The Hall–Kier alpha value is -3.87. The highest BCUT2D eigenvalue weighted by atomic mass is 16.6. The normalized spacial score (nSPS) is 10.8. The number of rotatable bonds is 7. The van der Waals surface area contributed by atoms with Gasteiger partial charge < -0.3 is 9.84 Å². The molecule has 7 nitrogen and oxygen atoms in total. The minimum absolute atomic E-state index is 0.0185. The number of nitro benzene ring substituents is 1. The summed E-state index contributed by atoms with van der Waals surface area (Å²) in [6, 6.07) is 22.2. The third-order valence-electron chi connectivity index (χ3n) is 4.07. The molecule has 0 aromatic heterocycles. The van der Waals surface area contributed by atoms with Crippen LogP contribution >= 0.6 is 0 Å². The van der Waals surface area contributed by atoms with E-state index in [1.807, 2.05) is 60.7 Å². The number of ether oxygens (including phenoxy) is 1. The van der Waals surface area contributed by atoms with E-state index in [4.69, 9.17) is 4.74 Å². The lowest BCUT2D eigenvalue weighted by atomic mass is 10.2. The van der Waals surface area contributed by atoms with E-state index in [0.717, 1.165) is 11.3 Å². The summed E-state index contributed by atoms with van der Waals surface area (Å²) in [5.41, 5.74) is 1.95.